The molecule has 0 saturated carbocycles. The van der Waals surface area contributed by atoms with Gasteiger partial charge in [0.1, 0.15) is 0 Å². The first-order valence-electron chi connectivity index (χ1n) is 10.2. The minimum atomic E-state index is -3.76. The fraction of sp³-hybridized carbons (Fsp3) is 0.227. The van der Waals surface area contributed by atoms with Gasteiger partial charge in [0.05, 0.1) is 10.5 Å². The molecule has 2 amide bonds. The van der Waals surface area contributed by atoms with Crippen LogP contribution in [-0.4, -0.2) is 42.6 Å². The van der Waals surface area contributed by atoms with E-state index in [4.69, 9.17) is 0 Å². The van der Waals surface area contributed by atoms with Gasteiger partial charge in [0.2, 0.25) is 10.0 Å². The van der Waals surface area contributed by atoms with Crippen molar-refractivity contribution in [1.82, 2.24) is 9.29 Å². The van der Waals surface area contributed by atoms with Crippen molar-refractivity contribution >= 4 is 44.0 Å². The number of hydrogen-bond donors (Lipinski definition) is 2. The molecule has 1 aromatic heterocycles. The monoisotopic (exact) mass is 470 g/mol. The van der Waals surface area contributed by atoms with Gasteiger partial charge in [-0.1, -0.05) is 18.6 Å². The maximum atomic E-state index is 13.1. The topological polar surface area (TPSA) is 108 Å². The van der Waals surface area contributed by atoms with Crippen LogP contribution in [0.5, 0.6) is 0 Å². The Morgan fingerprint density at radius 1 is 0.906 bits per heavy atom. The Balaban J connectivity index is 1.49. The van der Waals surface area contributed by atoms with Crippen molar-refractivity contribution in [3.63, 3.8) is 0 Å². The second-order valence-electron chi connectivity index (χ2n) is 7.28. The highest BCUT2D eigenvalue weighted by molar-refractivity contribution is 7.89. The molecule has 0 unspecified atom stereocenters. The summed E-state index contributed by atoms with van der Waals surface area (Å²) >= 11 is 1.32. The molecule has 1 fully saturated rings. The fourth-order valence-electron chi connectivity index (χ4n) is 3.48. The minimum absolute atomic E-state index is 0.00107. The molecule has 0 bridgehead atoms. The Morgan fingerprint density at radius 2 is 1.62 bits per heavy atom. The highest BCUT2D eigenvalue weighted by Crippen LogP contribution is 2.24. The van der Waals surface area contributed by atoms with E-state index in [1.807, 2.05) is 0 Å². The van der Waals surface area contributed by atoms with Crippen molar-refractivity contribution in [2.75, 3.05) is 23.7 Å². The van der Waals surface area contributed by atoms with Gasteiger partial charge >= 0.3 is 0 Å². The standard InChI is InChI=1S/C22H22N4O4S2/c27-20(25-22-23-12-15-31-22)16-8-10-17(11-9-16)24-21(28)18-6-2-3-7-19(18)32(29,30)26-13-4-1-5-14-26/h2-3,6-12,15H,1,4-5,13-14H2,(H,24,28)(H,23,25,27). The molecule has 32 heavy (non-hydrogen) atoms. The van der Waals surface area contributed by atoms with E-state index in [-0.39, 0.29) is 16.4 Å². The molecule has 166 valence electrons. The van der Waals surface area contributed by atoms with Crippen molar-refractivity contribution in [1.29, 1.82) is 0 Å². The number of benzene rings is 2. The third-order valence-electron chi connectivity index (χ3n) is 5.12. The van der Waals surface area contributed by atoms with Gasteiger partial charge in [0.15, 0.2) is 5.13 Å². The highest BCUT2D eigenvalue weighted by Gasteiger charge is 2.29. The van der Waals surface area contributed by atoms with E-state index in [1.54, 1.807) is 48.0 Å². The number of anilines is 2. The van der Waals surface area contributed by atoms with Crippen molar-refractivity contribution < 1.29 is 18.0 Å². The number of carbonyl (C=O) groups is 2. The van der Waals surface area contributed by atoms with Crippen LogP contribution < -0.4 is 10.6 Å². The third kappa shape index (κ3) is 4.87. The number of aromatic nitrogens is 1. The molecular weight excluding hydrogens is 448 g/mol. The number of thiazole rings is 1. The van der Waals surface area contributed by atoms with Gasteiger partial charge in [-0.15, -0.1) is 11.3 Å². The maximum absolute atomic E-state index is 13.1. The van der Waals surface area contributed by atoms with Crippen LogP contribution in [0.1, 0.15) is 40.0 Å². The van der Waals surface area contributed by atoms with Crippen LogP contribution in [0, 0.1) is 0 Å². The maximum Gasteiger partial charge on any atom is 0.257 e. The van der Waals surface area contributed by atoms with E-state index < -0.39 is 15.9 Å². The summed E-state index contributed by atoms with van der Waals surface area (Å²) in [6, 6.07) is 12.6. The van der Waals surface area contributed by atoms with Gasteiger partial charge in [-0.3, -0.25) is 14.9 Å². The van der Waals surface area contributed by atoms with Crippen molar-refractivity contribution in [3.8, 4) is 0 Å². The minimum Gasteiger partial charge on any atom is -0.322 e. The molecular formula is C22H22N4O4S2. The quantitative estimate of drug-likeness (QED) is 0.569. The van der Waals surface area contributed by atoms with E-state index in [0.717, 1.165) is 19.3 Å². The van der Waals surface area contributed by atoms with Crippen LogP contribution in [0.3, 0.4) is 0 Å². The summed E-state index contributed by atoms with van der Waals surface area (Å²) in [5.41, 5.74) is 0.945. The summed E-state index contributed by atoms with van der Waals surface area (Å²) in [4.78, 5) is 29.2. The summed E-state index contributed by atoms with van der Waals surface area (Å²) in [5, 5.41) is 7.67. The zero-order valence-corrected chi connectivity index (χ0v) is 18.8. The van der Waals surface area contributed by atoms with Crippen LogP contribution in [0.25, 0.3) is 0 Å². The Kier molecular flexibility index (Phi) is 6.63. The summed E-state index contributed by atoms with van der Waals surface area (Å²) < 4.78 is 27.7. The lowest BCUT2D eigenvalue weighted by atomic mass is 10.1. The number of hydrogen-bond acceptors (Lipinski definition) is 6. The van der Waals surface area contributed by atoms with Crippen LogP contribution >= 0.6 is 11.3 Å². The first-order valence-corrected chi connectivity index (χ1v) is 12.5. The number of sulfonamides is 1. The molecule has 0 aliphatic carbocycles. The fourth-order valence-corrected chi connectivity index (χ4v) is 5.71. The van der Waals surface area contributed by atoms with Crippen LogP contribution in [-0.2, 0) is 10.0 Å². The van der Waals surface area contributed by atoms with Crippen molar-refractivity contribution in [2.24, 2.45) is 0 Å². The van der Waals surface area contributed by atoms with E-state index in [1.165, 1.54) is 27.8 Å². The van der Waals surface area contributed by atoms with Gasteiger partial charge in [-0.25, -0.2) is 13.4 Å². The predicted octanol–water partition coefficient (Wildman–Crippen LogP) is 3.82. The molecule has 0 radical (unpaired) electrons. The Bertz CT molecular complexity index is 1200. The lowest BCUT2D eigenvalue weighted by Gasteiger charge is -2.26. The summed E-state index contributed by atoms with van der Waals surface area (Å²) in [7, 11) is -3.76. The Morgan fingerprint density at radius 3 is 2.31 bits per heavy atom. The highest BCUT2D eigenvalue weighted by atomic mass is 32.2. The first-order chi connectivity index (χ1) is 15.4. The molecule has 1 aliphatic heterocycles. The van der Waals surface area contributed by atoms with Gasteiger partial charge < -0.3 is 5.32 Å². The van der Waals surface area contributed by atoms with Crippen LogP contribution in [0.15, 0.2) is 65.0 Å². The third-order valence-corrected chi connectivity index (χ3v) is 7.77. The SMILES string of the molecule is O=C(Nc1nccs1)c1ccc(NC(=O)c2ccccc2S(=O)(=O)N2CCCCC2)cc1. The van der Waals surface area contributed by atoms with E-state index >= 15 is 0 Å². The molecule has 1 saturated heterocycles. The number of rotatable bonds is 6. The van der Waals surface area contributed by atoms with E-state index in [2.05, 4.69) is 15.6 Å². The molecule has 2 heterocycles. The van der Waals surface area contributed by atoms with Crippen molar-refractivity contribution in [3.05, 3.63) is 71.2 Å². The number of nitrogens with zero attached hydrogens (tertiary/aromatic N) is 2. The molecule has 0 spiro atoms. The second kappa shape index (κ2) is 9.60. The molecule has 3 aromatic rings. The van der Waals surface area contributed by atoms with Crippen molar-refractivity contribution in [2.45, 2.75) is 24.2 Å². The Labute approximate surface area is 190 Å². The molecule has 10 heteroatoms. The average Bonchev–Trinajstić information content (AvgIpc) is 3.33. The summed E-state index contributed by atoms with van der Waals surface area (Å²) in [6.07, 6.45) is 4.24. The lowest BCUT2D eigenvalue weighted by Crippen LogP contribution is -2.36. The van der Waals surface area contributed by atoms with Gasteiger partial charge in [0, 0.05) is 35.9 Å². The second-order valence-corrected chi connectivity index (χ2v) is 10.1. The summed E-state index contributed by atoms with van der Waals surface area (Å²) in [6.45, 7) is 0.922. The zero-order valence-electron chi connectivity index (χ0n) is 17.2. The van der Waals surface area contributed by atoms with Crippen LogP contribution in [0.2, 0.25) is 0 Å². The normalized spacial score (nSPS) is 14.6. The van der Waals surface area contributed by atoms with E-state index in [0.29, 0.717) is 29.5 Å². The number of amides is 2. The summed E-state index contributed by atoms with van der Waals surface area (Å²) in [5.74, 6) is -0.836. The zero-order chi connectivity index (χ0) is 22.6. The predicted molar refractivity (Wildman–Crippen MR) is 124 cm³/mol. The van der Waals surface area contributed by atoms with E-state index in [9.17, 15) is 18.0 Å². The number of carbonyl (C=O) groups excluding carboxylic acids is 2. The number of piperidine rings is 1. The average molecular weight is 471 g/mol. The molecule has 2 aromatic carbocycles. The number of nitrogens with one attached hydrogen (secondary N) is 2. The first kappa shape index (κ1) is 22.1. The molecule has 2 N–H and O–H groups in total. The van der Waals surface area contributed by atoms with Gasteiger partial charge in [-0.05, 0) is 49.2 Å². The molecule has 4 rings (SSSR count). The Hall–Kier alpha value is -3.08. The molecule has 8 nitrogen and oxygen atoms in total. The van der Waals surface area contributed by atoms with Crippen LogP contribution in [0.4, 0.5) is 10.8 Å². The smallest absolute Gasteiger partial charge is 0.257 e. The largest absolute Gasteiger partial charge is 0.322 e. The lowest BCUT2D eigenvalue weighted by molar-refractivity contribution is 0.101. The molecule has 1 aliphatic rings. The van der Waals surface area contributed by atoms with Gasteiger partial charge in [-0.2, -0.15) is 4.31 Å². The molecule has 0 atom stereocenters. The van der Waals surface area contributed by atoms with Gasteiger partial charge in [0.25, 0.3) is 11.8 Å².